The van der Waals surface area contributed by atoms with Crippen LogP contribution in [0.2, 0.25) is 5.02 Å². The number of benzene rings is 1. The van der Waals surface area contributed by atoms with Crippen molar-refractivity contribution < 1.29 is 0 Å². The van der Waals surface area contributed by atoms with Crippen molar-refractivity contribution in [2.45, 2.75) is 6.54 Å². The van der Waals surface area contributed by atoms with Crippen molar-refractivity contribution in [1.29, 1.82) is 0 Å². The Bertz CT molecular complexity index is 613. The van der Waals surface area contributed by atoms with Gasteiger partial charge < -0.3 is 0 Å². The summed E-state index contributed by atoms with van der Waals surface area (Å²) in [5, 5.41) is 4.67. The van der Waals surface area contributed by atoms with Crippen LogP contribution in [0.25, 0.3) is 0 Å². The van der Waals surface area contributed by atoms with E-state index < -0.39 is 0 Å². The second-order valence-corrected chi connectivity index (χ2v) is 5.42. The van der Waals surface area contributed by atoms with Gasteiger partial charge >= 0.3 is 0 Å². The second kappa shape index (κ2) is 5.33. The van der Waals surface area contributed by atoms with Gasteiger partial charge in [0.25, 0.3) is 5.56 Å². The van der Waals surface area contributed by atoms with Gasteiger partial charge in [-0.2, -0.15) is 5.10 Å². The number of rotatable bonds is 2. The zero-order chi connectivity index (χ0) is 12.4. The molecule has 0 radical (unpaired) electrons. The Morgan fingerprint density at radius 3 is 2.71 bits per heavy atom. The van der Waals surface area contributed by atoms with E-state index in [0.717, 1.165) is 5.56 Å². The smallest absolute Gasteiger partial charge is 0.266 e. The third-order valence-electron chi connectivity index (χ3n) is 2.22. The lowest BCUT2D eigenvalue weighted by Crippen LogP contribution is -2.24. The Morgan fingerprint density at radius 2 is 2.00 bits per heavy atom. The molecule has 0 amide bonds. The second-order valence-electron chi connectivity index (χ2n) is 3.36. The van der Waals surface area contributed by atoms with E-state index in [4.69, 9.17) is 11.6 Å². The molecule has 0 aliphatic heterocycles. The minimum atomic E-state index is -0.195. The fourth-order valence-corrected chi connectivity index (χ4v) is 2.11. The maximum atomic E-state index is 11.9. The van der Waals surface area contributed by atoms with Gasteiger partial charge in [-0.15, -0.1) is 0 Å². The molecule has 0 atom stereocenters. The highest BCUT2D eigenvalue weighted by Gasteiger charge is 2.08. The summed E-state index contributed by atoms with van der Waals surface area (Å²) in [6.45, 7) is 0.352. The van der Waals surface area contributed by atoms with Crippen molar-refractivity contribution in [3.8, 4) is 0 Å². The maximum Gasteiger partial charge on any atom is 0.282 e. The average Bonchev–Trinajstić information content (AvgIpc) is 2.32. The van der Waals surface area contributed by atoms with Gasteiger partial charge in [-0.25, -0.2) is 4.68 Å². The molecule has 88 valence electrons. The van der Waals surface area contributed by atoms with Gasteiger partial charge in [0.1, 0.15) is 4.47 Å². The fraction of sp³-hybridized carbons (Fsp3) is 0.0909. The van der Waals surface area contributed by atoms with E-state index in [1.807, 2.05) is 18.2 Å². The van der Waals surface area contributed by atoms with E-state index in [2.05, 4.69) is 37.0 Å². The molecule has 1 aromatic carbocycles. The lowest BCUT2D eigenvalue weighted by Gasteiger charge is -2.07. The highest BCUT2D eigenvalue weighted by atomic mass is 79.9. The summed E-state index contributed by atoms with van der Waals surface area (Å²) >= 11 is 12.5. The lowest BCUT2D eigenvalue weighted by molar-refractivity contribution is 0.633. The standard InChI is InChI=1S/C11H7Br2ClN2O/c12-8-5-15-16(11(17)10(8)13)6-7-3-1-2-4-9(7)14/h1-5H,6H2. The van der Waals surface area contributed by atoms with Crippen molar-refractivity contribution in [3.05, 3.63) is 60.3 Å². The molecule has 3 nitrogen and oxygen atoms in total. The molecule has 0 N–H and O–H groups in total. The van der Waals surface area contributed by atoms with Crippen molar-refractivity contribution in [2.24, 2.45) is 0 Å². The van der Waals surface area contributed by atoms with Crippen molar-refractivity contribution in [3.63, 3.8) is 0 Å². The molecule has 6 heteroatoms. The minimum Gasteiger partial charge on any atom is -0.266 e. The van der Waals surface area contributed by atoms with Crippen LogP contribution in [0, 0.1) is 0 Å². The van der Waals surface area contributed by atoms with E-state index >= 15 is 0 Å². The molecule has 2 aromatic rings. The third kappa shape index (κ3) is 2.78. The predicted octanol–water partition coefficient (Wildman–Crippen LogP) is 3.47. The van der Waals surface area contributed by atoms with E-state index in [0.29, 0.717) is 20.5 Å². The first-order valence-electron chi connectivity index (χ1n) is 4.74. The first-order chi connectivity index (χ1) is 8.09. The molecule has 1 aromatic heterocycles. The van der Waals surface area contributed by atoms with Crippen LogP contribution in [0.3, 0.4) is 0 Å². The summed E-state index contributed by atoms with van der Waals surface area (Å²) in [5.41, 5.74) is 0.664. The molecule has 1 heterocycles. The molecule has 17 heavy (non-hydrogen) atoms. The van der Waals surface area contributed by atoms with Gasteiger partial charge in [-0.1, -0.05) is 29.8 Å². The number of hydrogen-bond donors (Lipinski definition) is 0. The van der Waals surface area contributed by atoms with Gasteiger partial charge in [0.15, 0.2) is 0 Å². The highest BCUT2D eigenvalue weighted by Crippen LogP contribution is 2.18. The molecule has 0 spiro atoms. The number of halogens is 3. The molecule has 0 unspecified atom stereocenters. The molecule has 0 saturated carbocycles. The first-order valence-corrected chi connectivity index (χ1v) is 6.70. The van der Waals surface area contributed by atoms with Gasteiger partial charge in [-0.3, -0.25) is 4.79 Å². The summed E-state index contributed by atoms with van der Waals surface area (Å²) in [6, 6.07) is 7.38. The summed E-state index contributed by atoms with van der Waals surface area (Å²) < 4.78 is 2.45. The van der Waals surface area contributed by atoms with Crippen LogP contribution >= 0.6 is 43.5 Å². The lowest BCUT2D eigenvalue weighted by atomic mass is 10.2. The van der Waals surface area contributed by atoms with E-state index in [1.54, 1.807) is 12.3 Å². The van der Waals surface area contributed by atoms with Crippen LogP contribution in [0.5, 0.6) is 0 Å². The van der Waals surface area contributed by atoms with Crippen LogP contribution in [-0.2, 0) is 6.54 Å². The van der Waals surface area contributed by atoms with Gasteiger partial charge in [0, 0.05) is 5.02 Å². The molecule has 0 saturated heterocycles. The van der Waals surface area contributed by atoms with Crippen LogP contribution in [-0.4, -0.2) is 9.78 Å². The first kappa shape index (κ1) is 12.8. The number of hydrogen-bond acceptors (Lipinski definition) is 2. The largest absolute Gasteiger partial charge is 0.282 e. The van der Waals surface area contributed by atoms with Crippen molar-refractivity contribution in [2.75, 3.05) is 0 Å². The molecular formula is C11H7Br2ClN2O. The van der Waals surface area contributed by atoms with Gasteiger partial charge in [0.2, 0.25) is 0 Å². The summed E-state index contributed by atoms with van der Waals surface area (Å²) in [5.74, 6) is 0. The Balaban J connectivity index is 2.41. The van der Waals surface area contributed by atoms with Crippen molar-refractivity contribution in [1.82, 2.24) is 9.78 Å². The topological polar surface area (TPSA) is 34.9 Å². The van der Waals surface area contributed by atoms with Crippen molar-refractivity contribution >= 4 is 43.5 Å². The number of aromatic nitrogens is 2. The van der Waals surface area contributed by atoms with Crippen LogP contribution < -0.4 is 5.56 Å². The Morgan fingerprint density at radius 1 is 1.29 bits per heavy atom. The van der Waals surface area contributed by atoms with Gasteiger partial charge in [0.05, 0.1) is 17.2 Å². The fourth-order valence-electron chi connectivity index (χ4n) is 1.35. The molecule has 0 bridgehead atoms. The minimum absolute atomic E-state index is 0.195. The molecule has 2 rings (SSSR count). The molecule has 0 aliphatic rings. The Labute approximate surface area is 120 Å². The highest BCUT2D eigenvalue weighted by molar-refractivity contribution is 9.13. The maximum absolute atomic E-state index is 11.9. The SMILES string of the molecule is O=c1c(Br)c(Br)cnn1Cc1ccccc1Cl. The molecule has 0 aliphatic carbocycles. The third-order valence-corrected chi connectivity index (χ3v) is 4.49. The Kier molecular flexibility index (Phi) is 4.01. The zero-order valence-corrected chi connectivity index (χ0v) is 12.5. The summed E-state index contributed by atoms with van der Waals surface area (Å²) in [6.07, 6.45) is 1.57. The predicted molar refractivity (Wildman–Crippen MR) is 74.5 cm³/mol. The zero-order valence-electron chi connectivity index (χ0n) is 8.53. The van der Waals surface area contributed by atoms with Crippen LogP contribution in [0.4, 0.5) is 0 Å². The quantitative estimate of drug-likeness (QED) is 0.802. The van der Waals surface area contributed by atoms with E-state index in [9.17, 15) is 4.79 Å². The van der Waals surface area contributed by atoms with E-state index in [-0.39, 0.29) is 5.56 Å². The Hall–Kier alpha value is -0.650. The molecular weight excluding hydrogens is 371 g/mol. The average molecular weight is 378 g/mol. The van der Waals surface area contributed by atoms with Gasteiger partial charge in [-0.05, 0) is 43.5 Å². The normalized spacial score (nSPS) is 10.5. The van der Waals surface area contributed by atoms with Crippen LogP contribution in [0.15, 0.2) is 44.2 Å². The summed E-state index contributed by atoms with van der Waals surface area (Å²) in [4.78, 5) is 11.9. The molecule has 0 fully saturated rings. The monoisotopic (exact) mass is 376 g/mol. The number of nitrogens with zero attached hydrogens (tertiary/aromatic N) is 2. The summed E-state index contributed by atoms with van der Waals surface area (Å²) in [7, 11) is 0. The van der Waals surface area contributed by atoms with Crippen LogP contribution in [0.1, 0.15) is 5.56 Å². The van der Waals surface area contributed by atoms with E-state index in [1.165, 1.54) is 4.68 Å².